The number of rotatable bonds is 4. The molecule has 110 valence electrons. The van der Waals surface area contributed by atoms with Crippen LogP contribution in [0.3, 0.4) is 0 Å². The van der Waals surface area contributed by atoms with Crippen molar-refractivity contribution in [3.8, 4) is 0 Å². The van der Waals surface area contributed by atoms with Crippen LogP contribution in [0.15, 0.2) is 35.1 Å². The Morgan fingerprint density at radius 3 is 2.43 bits per heavy atom. The minimum absolute atomic E-state index is 0.475. The fourth-order valence-corrected chi connectivity index (χ4v) is 2.81. The quantitative estimate of drug-likeness (QED) is 0.781. The standard InChI is InChI=1S/C15H18BrN5/c16-10-5-7-12(8-6-10)21-15-13(17)14(18-9-19-15)20-11-3-1-2-4-11/h5-9,11H,1-4,17H2,(H2,18,19,20,21). The van der Waals surface area contributed by atoms with Gasteiger partial charge in [0.2, 0.25) is 0 Å². The van der Waals surface area contributed by atoms with E-state index in [1.165, 1.54) is 32.0 Å². The smallest absolute Gasteiger partial charge is 0.159 e. The Kier molecular flexibility index (Phi) is 4.24. The molecule has 1 fully saturated rings. The number of nitrogen functional groups attached to an aromatic ring is 1. The summed E-state index contributed by atoms with van der Waals surface area (Å²) >= 11 is 3.42. The molecule has 4 N–H and O–H groups in total. The second-order valence-corrected chi connectivity index (χ2v) is 6.16. The topological polar surface area (TPSA) is 75.9 Å². The van der Waals surface area contributed by atoms with Crippen molar-refractivity contribution in [2.75, 3.05) is 16.4 Å². The number of hydrogen-bond donors (Lipinski definition) is 3. The average molecular weight is 348 g/mol. The summed E-state index contributed by atoms with van der Waals surface area (Å²) in [5, 5.41) is 6.65. The Labute approximate surface area is 132 Å². The number of nitrogens with zero attached hydrogens (tertiary/aromatic N) is 2. The first-order valence-electron chi connectivity index (χ1n) is 7.12. The second-order valence-electron chi connectivity index (χ2n) is 5.24. The lowest BCUT2D eigenvalue weighted by Gasteiger charge is -2.16. The minimum Gasteiger partial charge on any atom is -0.393 e. The number of hydrogen-bond acceptors (Lipinski definition) is 5. The Morgan fingerprint density at radius 1 is 1.05 bits per heavy atom. The van der Waals surface area contributed by atoms with Gasteiger partial charge in [0.05, 0.1) is 0 Å². The molecule has 1 aromatic heterocycles. The first-order chi connectivity index (χ1) is 10.2. The van der Waals surface area contributed by atoms with Crippen molar-refractivity contribution in [1.82, 2.24) is 9.97 Å². The van der Waals surface area contributed by atoms with Crippen LogP contribution < -0.4 is 16.4 Å². The Bertz CT molecular complexity index is 608. The van der Waals surface area contributed by atoms with E-state index in [1.54, 1.807) is 0 Å². The third-order valence-corrected chi connectivity index (χ3v) is 4.22. The fraction of sp³-hybridized carbons (Fsp3) is 0.333. The third-order valence-electron chi connectivity index (χ3n) is 3.69. The van der Waals surface area contributed by atoms with E-state index in [0.717, 1.165) is 16.0 Å². The zero-order chi connectivity index (χ0) is 14.7. The first kappa shape index (κ1) is 14.1. The number of halogens is 1. The number of benzene rings is 1. The Hall–Kier alpha value is -1.82. The lowest BCUT2D eigenvalue weighted by Crippen LogP contribution is -2.17. The second kappa shape index (κ2) is 6.30. The molecule has 1 aliphatic rings. The molecule has 21 heavy (non-hydrogen) atoms. The van der Waals surface area contributed by atoms with Crippen molar-refractivity contribution < 1.29 is 0 Å². The normalized spacial score (nSPS) is 15.1. The van der Waals surface area contributed by atoms with Crippen LogP contribution in [0, 0.1) is 0 Å². The number of anilines is 4. The molecule has 0 aliphatic heterocycles. The van der Waals surface area contributed by atoms with Gasteiger partial charge in [-0.05, 0) is 37.1 Å². The molecule has 2 aromatic rings. The van der Waals surface area contributed by atoms with Gasteiger partial charge in [0.1, 0.15) is 12.0 Å². The van der Waals surface area contributed by atoms with Gasteiger partial charge >= 0.3 is 0 Å². The maximum atomic E-state index is 6.18. The zero-order valence-electron chi connectivity index (χ0n) is 11.6. The highest BCUT2D eigenvalue weighted by molar-refractivity contribution is 9.10. The maximum absolute atomic E-state index is 6.18. The van der Waals surface area contributed by atoms with Gasteiger partial charge in [0, 0.05) is 16.2 Å². The van der Waals surface area contributed by atoms with E-state index >= 15 is 0 Å². The van der Waals surface area contributed by atoms with Crippen LogP contribution >= 0.6 is 15.9 Å². The summed E-state index contributed by atoms with van der Waals surface area (Å²) in [6.45, 7) is 0. The van der Waals surface area contributed by atoms with E-state index in [0.29, 0.717) is 17.5 Å². The van der Waals surface area contributed by atoms with E-state index in [1.807, 2.05) is 24.3 Å². The van der Waals surface area contributed by atoms with Crippen molar-refractivity contribution in [2.45, 2.75) is 31.7 Å². The van der Waals surface area contributed by atoms with Gasteiger partial charge in [0.25, 0.3) is 0 Å². The lowest BCUT2D eigenvalue weighted by molar-refractivity contribution is 0.750. The van der Waals surface area contributed by atoms with Gasteiger partial charge < -0.3 is 16.4 Å². The highest BCUT2D eigenvalue weighted by Crippen LogP contribution is 2.29. The van der Waals surface area contributed by atoms with E-state index in [9.17, 15) is 0 Å². The van der Waals surface area contributed by atoms with Crippen LogP contribution in [0.2, 0.25) is 0 Å². The van der Waals surface area contributed by atoms with E-state index in [-0.39, 0.29) is 0 Å². The van der Waals surface area contributed by atoms with Crippen molar-refractivity contribution in [3.05, 3.63) is 35.1 Å². The van der Waals surface area contributed by atoms with E-state index in [2.05, 4.69) is 36.5 Å². The first-order valence-corrected chi connectivity index (χ1v) is 7.91. The molecule has 6 heteroatoms. The van der Waals surface area contributed by atoms with Gasteiger partial charge in [0.15, 0.2) is 11.6 Å². The number of nitrogens with one attached hydrogen (secondary N) is 2. The van der Waals surface area contributed by atoms with Crippen LogP contribution in [0.1, 0.15) is 25.7 Å². The molecule has 0 saturated heterocycles. The molecular weight excluding hydrogens is 330 g/mol. The van der Waals surface area contributed by atoms with Crippen LogP contribution in [-0.2, 0) is 0 Å². The molecule has 0 unspecified atom stereocenters. The summed E-state index contributed by atoms with van der Waals surface area (Å²) < 4.78 is 1.03. The molecule has 0 bridgehead atoms. The summed E-state index contributed by atoms with van der Waals surface area (Å²) in [4.78, 5) is 8.50. The Morgan fingerprint density at radius 2 is 1.71 bits per heavy atom. The molecule has 0 spiro atoms. The summed E-state index contributed by atoms with van der Waals surface area (Å²) in [6.07, 6.45) is 6.44. The van der Waals surface area contributed by atoms with Gasteiger partial charge in [-0.15, -0.1) is 0 Å². The Balaban J connectivity index is 1.77. The molecular formula is C15H18BrN5. The summed E-state index contributed by atoms with van der Waals surface area (Å²) in [5.41, 5.74) is 7.68. The number of nitrogens with two attached hydrogens (primary N) is 1. The predicted molar refractivity (Wildman–Crippen MR) is 89.7 cm³/mol. The van der Waals surface area contributed by atoms with E-state index < -0.39 is 0 Å². The summed E-state index contributed by atoms with van der Waals surface area (Å²) in [6, 6.07) is 8.35. The minimum atomic E-state index is 0.475. The molecule has 0 radical (unpaired) electrons. The van der Waals surface area contributed by atoms with Gasteiger partial charge in [-0.3, -0.25) is 0 Å². The van der Waals surface area contributed by atoms with Gasteiger partial charge in [-0.25, -0.2) is 9.97 Å². The zero-order valence-corrected chi connectivity index (χ0v) is 13.2. The fourth-order valence-electron chi connectivity index (χ4n) is 2.54. The van der Waals surface area contributed by atoms with Crippen molar-refractivity contribution in [3.63, 3.8) is 0 Å². The van der Waals surface area contributed by atoms with Crippen molar-refractivity contribution in [1.29, 1.82) is 0 Å². The molecule has 1 aliphatic carbocycles. The van der Waals surface area contributed by atoms with Crippen LogP contribution in [0.25, 0.3) is 0 Å². The largest absolute Gasteiger partial charge is 0.393 e. The lowest BCUT2D eigenvalue weighted by atomic mass is 10.2. The highest BCUT2D eigenvalue weighted by atomic mass is 79.9. The highest BCUT2D eigenvalue weighted by Gasteiger charge is 2.17. The van der Waals surface area contributed by atoms with Crippen LogP contribution in [-0.4, -0.2) is 16.0 Å². The molecule has 3 rings (SSSR count). The third kappa shape index (κ3) is 3.44. The monoisotopic (exact) mass is 347 g/mol. The van der Waals surface area contributed by atoms with Gasteiger partial charge in [-0.1, -0.05) is 28.8 Å². The maximum Gasteiger partial charge on any atom is 0.159 e. The van der Waals surface area contributed by atoms with Crippen LogP contribution in [0.5, 0.6) is 0 Å². The molecule has 0 amide bonds. The molecule has 1 saturated carbocycles. The molecule has 5 nitrogen and oxygen atoms in total. The SMILES string of the molecule is Nc1c(Nc2ccc(Br)cc2)ncnc1NC1CCCC1. The van der Waals surface area contributed by atoms with Crippen molar-refractivity contribution in [2.24, 2.45) is 0 Å². The van der Waals surface area contributed by atoms with E-state index in [4.69, 9.17) is 5.73 Å². The molecule has 0 atom stereocenters. The van der Waals surface area contributed by atoms with Crippen LogP contribution in [0.4, 0.5) is 23.0 Å². The average Bonchev–Trinajstić information content (AvgIpc) is 2.99. The molecule has 1 heterocycles. The number of aromatic nitrogens is 2. The molecule has 1 aromatic carbocycles. The van der Waals surface area contributed by atoms with Gasteiger partial charge in [-0.2, -0.15) is 0 Å². The summed E-state index contributed by atoms with van der Waals surface area (Å²) in [7, 11) is 0. The predicted octanol–water partition coefficient (Wildman–Crippen LogP) is 3.92. The summed E-state index contributed by atoms with van der Waals surface area (Å²) in [5.74, 6) is 1.35. The van der Waals surface area contributed by atoms with Crippen molar-refractivity contribution >= 4 is 38.9 Å².